The molecule has 0 heterocycles. The van der Waals surface area contributed by atoms with E-state index in [0.29, 0.717) is 17.7 Å². The monoisotopic (exact) mass is 263 g/mol. The van der Waals surface area contributed by atoms with E-state index in [0.717, 1.165) is 6.54 Å². The molecule has 3 nitrogen and oxygen atoms in total. The smallest absolute Gasteiger partial charge is 0.166 e. The molecule has 2 N–H and O–H groups in total. The third kappa shape index (κ3) is 4.85. The highest BCUT2D eigenvalue weighted by Gasteiger charge is 2.13. The SMILES string of the molecule is C=CCNC(=S)NCC(c1ccccc1)N(C)C. The van der Waals surface area contributed by atoms with E-state index < -0.39 is 0 Å². The topological polar surface area (TPSA) is 27.3 Å². The molecule has 0 aliphatic heterocycles. The van der Waals surface area contributed by atoms with Crippen molar-refractivity contribution in [3.8, 4) is 0 Å². The second-order valence-electron chi connectivity index (χ2n) is 4.27. The number of hydrogen-bond acceptors (Lipinski definition) is 2. The molecule has 1 atom stereocenters. The summed E-state index contributed by atoms with van der Waals surface area (Å²) in [6, 6.07) is 10.7. The Hall–Kier alpha value is -1.39. The summed E-state index contributed by atoms with van der Waals surface area (Å²) in [7, 11) is 4.14. The van der Waals surface area contributed by atoms with Gasteiger partial charge in [0.2, 0.25) is 0 Å². The molecule has 4 heteroatoms. The average molecular weight is 263 g/mol. The van der Waals surface area contributed by atoms with Crippen LogP contribution in [0.25, 0.3) is 0 Å². The lowest BCUT2D eigenvalue weighted by Crippen LogP contribution is -2.40. The standard InChI is InChI=1S/C14H21N3S/c1-4-10-15-14(18)16-11-13(17(2)3)12-8-6-5-7-9-12/h4-9,13H,1,10-11H2,2-3H3,(H2,15,16,18). The summed E-state index contributed by atoms with van der Waals surface area (Å²) in [5.74, 6) is 0. The number of nitrogens with zero attached hydrogens (tertiary/aromatic N) is 1. The highest BCUT2D eigenvalue weighted by molar-refractivity contribution is 7.80. The van der Waals surface area contributed by atoms with Gasteiger partial charge in [-0.15, -0.1) is 6.58 Å². The van der Waals surface area contributed by atoms with Gasteiger partial charge in [0.15, 0.2) is 5.11 Å². The fourth-order valence-electron chi connectivity index (χ4n) is 1.69. The van der Waals surface area contributed by atoms with Crippen LogP contribution in [0.2, 0.25) is 0 Å². The molecule has 0 radical (unpaired) electrons. The van der Waals surface area contributed by atoms with Gasteiger partial charge in [-0.3, -0.25) is 0 Å². The Kier molecular flexibility index (Phi) is 6.39. The summed E-state index contributed by atoms with van der Waals surface area (Å²) < 4.78 is 0. The molecule has 0 aliphatic carbocycles. The van der Waals surface area contributed by atoms with E-state index in [2.05, 4.69) is 60.5 Å². The van der Waals surface area contributed by atoms with E-state index in [1.165, 1.54) is 5.56 Å². The van der Waals surface area contributed by atoms with Gasteiger partial charge in [0, 0.05) is 13.1 Å². The minimum atomic E-state index is 0.301. The van der Waals surface area contributed by atoms with Gasteiger partial charge in [-0.25, -0.2) is 0 Å². The van der Waals surface area contributed by atoms with Crippen LogP contribution in [0.15, 0.2) is 43.0 Å². The molecule has 1 aromatic carbocycles. The molecular formula is C14H21N3S. The molecule has 18 heavy (non-hydrogen) atoms. The maximum Gasteiger partial charge on any atom is 0.166 e. The van der Waals surface area contributed by atoms with Gasteiger partial charge in [0.05, 0.1) is 6.04 Å². The number of benzene rings is 1. The second kappa shape index (κ2) is 7.84. The largest absolute Gasteiger partial charge is 0.361 e. The molecule has 0 amide bonds. The molecule has 0 spiro atoms. The van der Waals surface area contributed by atoms with Crippen molar-refractivity contribution in [3.05, 3.63) is 48.6 Å². The van der Waals surface area contributed by atoms with E-state index in [-0.39, 0.29) is 0 Å². The number of thiocarbonyl (C=S) groups is 1. The zero-order valence-corrected chi connectivity index (χ0v) is 11.8. The zero-order valence-electron chi connectivity index (χ0n) is 11.0. The van der Waals surface area contributed by atoms with Crippen molar-refractivity contribution >= 4 is 17.3 Å². The average Bonchev–Trinajstić information content (AvgIpc) is 2.37. The summed E-state index contributed by atoms with van der Waals surface area (Å²) in [5.41, 5.74) is 1.28. The Labute approximate surface area is 115 Å². The summed E-state index contributed by atoms with van der Waals surface area (Å²) in [6.45, 7) is 5.11. The third-order valence-corrected chi connectivity index (χ3v) is 2.96. The highest BCUT2D eigenvalue weighted by Crippen LogP contribution is 2.16. The zero-order chi connectivity index (χ0) is 13.4. The van der Waals surface area contributed by atoms with E-state index in [1.54, 1.807) is 6.08 Å². The van der Waals surface area contributed by atoms with Gasteiger partial charge in [-0.05, 0) is 31.9 Å². The van der Waals surface area contributed by atoms with E-state index >= 15 is 0 Å². The summed E-state index contributed by atoms with van der Waals surface area (Å²) in [4.78, 5) is 2.18. The van der Waals surface area contributed by atoms with Crippen molar-refractivity contribution in [3.63, 3.8) is 0 Å². The predicted molar refractivity (Wildman–Crippen MR) is 81.7 cm³/mol. The first kappa shape index (κ1) is 14.7. The minimum absolute atomic E-state index is 0.301. The molecule has 0 bridgehead atoms. The molecule has 0 fully saturated rings. The van der Waals surface area contributed by atoms with E-state index in [9.17, 15) is 0 Å². The van der Waals surface area contributed by atoms with E-state index in [1.807, 2.05) is 6.07 Å². The van der Waals surface area contributed by atoms with Gasteiger partial charge in [0.1, 0.15) is 0 Å². The molecule has 0 saturated heterocycles. The first-order valence-corrected chi connectivity index (χ1v) is 6.40. The maximum atomic E-state index is 5.19. The molecule has 0 aliphatic rings. The molecular weight excluding hydrogens is 242 g/mol. The van der Waals surface area contributed by atoms with Gasteiger partial charge in [-0.2, -0.15) is 0 Å². The van der Waals surface area contributed by atoms with Crippen LogP contribution in [0.3, 0.4) is 0 Å². The fraction of sp³-hybridized carbons (Fsp3) is 0.357. The lowest BCUT2D eigenvalue weighted by Gasteiger charge is -2.25. The summed E-state index contributed by atoms with van der Waals surface area (Å²) in [5, 5.41) is 6.95. The van der Waals surface area contributed by atoms with Crippen molar-refractivity contribution in [2.75, 3.05) is 27.2 Å². The van der Waals surface area contributed by atoms with Gasteiger partial charge < -0.3 is 15.5 Å². The minimum Gasteiger partial charge on any atom is -0.361 e. The Bertz CT molecular complexity index is 376. The van der Waals surface area contributed by atoms with Crippen LogP contribution in [0, 0.1) is 0 Å². The first-order chi connectivity index (χ1) is 8.65. The van der Waals surface area contributed by atoms with Crippen LogP contribution in [0.4, 0.5) is 0 Å². The number of hydrogen-bond donors (Lipinski definition) is 2. The van der Waals surface area contributed by atoms with Gasteiger partial charge in [0.25, 0.3) is 0 Å². The molecule has 0 aromatic heterocycles. The third-order valence-electron chi connectivity index (χ3n) is 2.67. The van der Waals surface area contributed by atoms with Crippen molar-refractivity contribution in [2.24, 2.45) is 0 Å². The second-order valence-corrected chi connectivity index (χ2v) is 4.68. The Balaban J connectivity index is 2.54. The van der Waals surface area contributed by atoms with Crippen LogP contribution >= 0.6 is 12.2 Å². The van der Waals surface area contributed by atoms with Crippen LogP contribution < -0.4 is 10.6 Å². The lowest BCUT2D eigenvalue weighted by molar-refractivity contribution is 0.298. The molecule has 1 aromatic rings. The lowest BCUT2D eigenvalue weighted by atomic mass is 10.1. The van der Waals surface area contributed by atoms with Crippen molar-refractivity contribution < 1.29 is 0 Å². The molecule has 1 unspecified atom stereocenters. The normalized spacial score (nSPS) is 11.9. The highest BCUT2D eigenvalue weighted by atomic mass is 32.1. The van der Waals surface area contributed by atoms with Gasteiger partial charge >= 0.3 is 0 Å². The maximum absolute atomic E-state index is 5.19. The number of likely N-dealkylation sites (N-methyl/N-ethyl adjacent to an activating group) is 1. The van der Waals surface area contributed by atoms with Crippen LogP contribution in [0.5, 0.6) is 0 Å². The molecule has 1 rings (SSSR count). The summed E-state index contributed by atoms with van der Waals surface area (Å²) >= 11 is 5.19. The molecule has 98 valence electrons. The Morgan fingerprint density at radius 2 is 2.00 bits per heavy atom. The fourth-order valence-corrected chi connectivity index (χ4v) is 1.86. The number of nitrogens with one attached hydrogen (secondary N) is 2. The molecule has 0 saturated carbocycles. The van der Waals surface area contributed by atoms with E-state index in [4.69, 9.17) is 12.2 Å². The van der Waals surface area contributed by atoms with Crippen LogP contribution in [-0.4, -0.2) is 37.2 Å². The quantitative estimate of drug-likeness (QED) is 0.606. The van der Waals surface area contributed by atoms with Crippen LogP contribution in [0.1, 0.15) is 11.6 Å². The summed E-state index contributed by atoms with van der Waals surface area (Å²) in [6.07, 6.45) is 1.79. The van der Waals surface area contributed by atoms with Crippen molar-refractivity contribution in [1.82, 2.24) is 15.5 Å². The van der Waals surface area contributed by atoms with Gasteiger partial charge in [-0.1, -0.05) is 36.4 Å². The van der Waals surface area contributed by atoms with Crippen molar-refractivity contribution in [1.29, 1.82) is 0 Å². The predicted octanol–water partition coefficient (Wildman–Crippen LogP) is 1.94. The Morgan fingerprint density at radius 1 is 1.33 bits per heavy atom. The Morgan fingerprint density at radius 3 is 2.56 bits per heavy atom. The first-order valence-electron chi connectivity index (χ1n) is 5.99. The number of rotatable bonds is 6. The van der Waals surface area contributed by atoms with Crippen LogP contribution in [-0.2, 0) is 0 Å². The van der Waals surface area contributed by atoms with Crippen molar-refractivity contribution in [2.45, 2.75) is 6.04 Å².